The molecule has 2 aromatic rings. The van der Waals surface area contributed by atoms with Crippen LogP contribution in [0.5, 0.6) is 11.6 Å². The molecule has 0 fully saturated rings. The standard InChI is InChI=1S/C25H31N3O4/c1-17-14-28(18(2)16-29)25(30)22-12-20(10-9-19-7-6-8-21(11-19)31-5)13-26-24(22)32-23(17)15-27(3)4/h6-8,11-13,17-18,23,29H,14-16H2,1-5H3/t17-,18-,23-/m1/s1. The summed E-state index contributed by atoms with van der Waals surface area (Å²) in [5.41, 5.74) is 1.77. The van der Waals surface area contributed by atoms with Gasteiger partial charge in [-0.25, -0.2) is 4.98 Å². The Kier molecular flexibility index (Phi) is 7.73. The minimum absolute atomic E-state index is 0.0674. The molecular weight excluding hydrogens is 406 g/mol. The van der Waals surface area contributed by atoms with Crippen molar-refractivity contribution in [2.45, 2.75) is 26.0 Å². The summed E-state index contributed by atoms with van der Waals surface area (Å²) in [6.45, 7) is 4.95. The normalized spacial score (nSPS) is 19.2. The van der Waals surface area contributed by atoms with Crippen LogP contribution in [-0.4, -0.2) is 78.8 Å². The summed E-state index contributed by atoms with van der Waals surface area (Å²) in [7, 11) is 5.58. The molecule has 3 rings (SSSR count). The van der Waals surface area contributed by atoms with E-state index in [1.807, 2.05) is 45.3 Å². The molecule has 170 valence electrons. The summed E-state index contributed by atoms with van der Waals surface area (Å²) in [4.78, 5) is 21.6. The van der Waals surface area contributed by atoms with Gasteiger partial charge in [-0.05, 0) is 45.3 Å². The largest absolute Gasteiger partial charge is 0.497 e. The molecule has 0 radical (unpaired) electrons. The van der Waals surface area contributed by atoms with Gasteiger partial charge in [0.1, 0.15) is 17.4 Å². The van der Waals surface area contributed by atoms with Gasteiger partial charge in [0.25, 0.3) is 5.91 Å². The molecular formula is C25H31N3O4. The Hall–Kier alpha value is -3.08. The van der Waals surface area contributed by atoms with Gasteiger partial charge >= 0.3 is 0 Å². The molecule has 0 spiro atoms. The summed E-state index contributed by atoms with van der Waals surface area (Å²) < 4.78 is 11.5. The molecule has 1 aliphatic rings. The first-order valence-corrected chi connectivity index (χ1v) is 10.7. The number of carbonyl (C=O) groups excluding carboxylic acids is 1. The number of nitrogens with zero attached hydrogens (tertiary/aromatic N) is 3. The van der Waals surface area contributed by atoms with Crippen LogP contribution in [0.15, 0.2) is 36.5 Å². The van der Waals surface area contributed by atoms with Gasteiger partial charge in [0.2, 0.25) is 5.88 Å². The summed E-state index contributed by atoms with van der Waals surface area (Å²) in [6, 6.07) is 8.87. The van der Waals surface area contributed by atoms with Gasteiger partial charge in [0.15, 0.2) is 0 Å². The van der Waals surface area contributed by atoms with Crippen LogP contribution < -0.4 is 9.47 Å². The maximum absolute atomic E-state index is 13.4. The second-order valence-corrected chi connectivity index (χ2v) is 8.44. The predicted molar refractivity (Wildman–Crippen MR) is 123 cm³/mol. The lowest BCUT2D eigenvalue weighted by atomic mass is 10.00. The summed E-state index contributed by atoms with van der Waals surface area (Å²) in [5.74, 6) is 7.05. The molecule has 0 saturated carbocycles. The highest BCUT2D eigenvalue weighted by atomic mass is 16.5. The van der Waals surface area contributed by atoms with Crippen molar-refractivity contribution in [3.05, 3.63) is 53.2 Å². The zero-order valence-electron chi connectivity index (χ0n) is 19.3. The Bertz CT molecular complexity index is 1010. The number of amides is 1. The Morgan fingerprint density at radius 3 is 2.75 bits per heavy atom. The van der Waals surface area contributed by atoms with Gasteiger partial charge in [-0.1, -0.05) is 24.8 Å². The van der Waals surface area contributed by atoms with Gasteiger partial charge in [-0.15, -0.1) is 0 Å². The van der Waals surface area contributed by atoms with Crippen LogP contribution in [0.25, 0.3) is 0 Å². The van der Waals surface area contributed by atoms with E-state index in [0.717, 1.165) is 11.3 Å². The van der Waals surface area contributed by atoms with E-state index in [2.05, 4.69) is 28.6 Å². The molecule has 0 saturated heterocycles. The monoisotopic (exact) mass is 437 g/mol. The number of carbonyl (C=O) groups is 1. The maximum Gasteiger partial charge on any atom is 0.259 e. The van der Waals surface area contributed by atoms with Crippen molar-refractivity contribution in [1.82, 2.24) is 14.8 Å². The smallest absolute Gasteiger partial charge is 0.259 e. The zero-order valence-corrected chi connectivity index (χ0v) is 19.3. The van der Waals surface area contributed by atoms with Crippen LogP contribution in [0.3, 0.4) is 0 Å². The van der Waals surface area contributed by atoms with E-state index in [1.54, 1.807) is 24.3 Å². The molecule has 1 aromatic heterocycles. The van der Waals surface area contributed by atoms with Gasteiger partial charge in [-0.3, -0.25) is 4.79 Å². The van der Waals surface area contributed by atoms with Gasteiger partial charge < -0.3 is 24.4 Å². The molecule has 3 atom stereocenters. The first kappa shape index (κ1) is 23.6. The van der Waals surface area contributed by atoms with E-state index in [1.165, 1.54) is 0 Å². The third-order valence-corrected chi connectivity index (χ3v) is 5.49. The number of methoxy groups -OCH3 is 1. The molecule has 32 heavy (non-hydrogen) atoms. The number of likely N-dealkylation sites (N-methyl/N-ethyl adjacent to an activating group) is 1. The Balaban J connectivity index is 2.00. The van der Waals surface area contributed by atoms with Crippen LogP contribution in [0.4, 0.5) is 0 Å². The molecule has 1 amide bonds. The van der Waals surface area contributed by atoms with Crippen LogP contribution in [0.1, 0.15) is 35.3 Å². The van der Waals surface area contributed by atoms with Crippen molar-refractivity contribution in [2.24, 2.45) is 5.92 Å². The van der Waals surface area contributed by atoms with Gasteiger partial charge in [0, 0.05) is 36.3 Å². The van der Waals surface area contributed by atoms with E-state index in [4.69, 9.17) is 9.47 Å². The van der Waals surface area contributed by atoms with Crippen LogP contribution in [0.2, 0.25) is 0 Å². The molecule has 1 N–H and O–H groups in total. The highest BCUT2D eigenvalue weighted by molar-refractivity contribution is 5.97. The first-order chi connectivity index (χ1) is 15.3. The molecule has 0 unspecified atom stereocenters. The number of hydrogen-bond acceptors (Lipinski definition) is 6. The van der Waals surface area contributed by atoms with Crippen LogP contribution in [0, 0.1) is 17.8 Å². The molecule has 1 aliphatic heterocycles. The Morgan fingerprint density at radius 2 is 2.06 bits per heavy atom. The van der Waals surface area contributed by atoms with E-state index in [9.17, 15) is 9.90 Å². The second-order valence-electron chi connectivity index (χ2n) is 8.44. The Labute approximate surface area is 190 Å². The fourth-order valence-electron chi connectivity index (χ4n) is 3.59. The van der Waals surface area contributed by atoms with Crippen molar-refractivity contribution < 1.29 is 19.4 Å². The lowest BCUT2D eigenvalue weighted by Crippen LogP contribution is -2.49. The predicted octanol–water partition coefficient (Wildman–Crippen LogP) is 2.27. The third-order valence-electron chi connectivity index (χ3n) is 5.49. The number of aliphatic hydroxyl groups excluding tert-OH is 1. The van der Waals surface area contributed by atoms with Crippen molar-refractivity contribution in [1.29, 1.82) is 0 Å². The average molecular weight is 438 g/mol. The van der Waals surface area contributed by atoms with Gasteiger partial charge in [0.05, 0.1) is 19.8 Å². The lowest BCUT2D eigenvalue weighted by molar-refractivity contribution is 0.0348. The van der Waals surface area contributed by atoms with Gasteiger partial charge in [-0.2, -0.15) is 0 Å². The first-order valence-electron chi connectivity index (χ1n) is 10.7. The number of fused-ring (bicyclic) bond motifs is 1. The highest BCUT2D eigenvalue weighted by Crippen LogP contribution is 2.27. The number of rotatable bonds is 5. The fraction of sp³-hybridized carbons (Fsp3) is 0.440. The van der Waals surface area contributed by atoms with E-state index >= 15 is 0 Å². The van der Waals surface area contributed by atoms with Crippen molar-refractivity contribution >= 4 is 5.91 Å². The minimum Gasteiger partial charge on any atom is -0.497 e. The summed E-state index contributed by atoms with van der Waals surface area (Å²) >= 11 is 0. The lowest BCUT2D eigenvalue weighted by Gasteiger charge is -2.37. The third kappa shape index (κ3) is 5.58. The molecule has 1 aromatic carbocycles. The van der Waals surface area contributed by atoms with Crippen molar-refractivity contribution in [3.63, 3.8) is 0 Å². The van der Waals surface area contributed by atoms with Crippen LogP contribution in [-0.2, 0) is 0 Å². The number of ether oxygens (including phenoxy) is 2. The van der Waals surface area contributed by atoms with E-state index < -0.39 is 0 Å². The number of hydrogen-bond donors (Lipinski definition) is 1. The summed E-state index contributed by atoms with van der Waals surface area (Å²) in [5, 5.41) is 9.74. The number of pyridine rings is 1. The van der Waals surface area contributed by atoms with Crippen molar-refractivity contribution in [2.75, 3.05) is 40.9 Å². The molecule has 0 aliphatic carbocycles. The fourth-order valence-corrected chi connectivity index (χ4v) is 3.59. The SMILES string of the molecule is COc1cccc(C#Cc2cnc3c(c2)C(=O)N([C@H](C)CO)C[C@@H](C)[C@@H](CN(C)C)O3)c1. The van der Waals surface area contributed by atoms with Crippen molar-refractivity contribution in [3.8, 4) is 23.5 Å². The van der Waals surface area contributed by atoms with E-state index in [0.29, 0.717) is 30.1 Å². The average Bonchev–Trinajstić information content (AvgIpc) is 2.79. The summed E-state index contributed by atoms with van der Waals surface area (Å²) in [6.07, 6.45) is 1.48. The highest BCUT2D eigenvalue weighted by Gasteiger charge is 2.33. The minimum atomic E-state index is -0.317. The molecule has 2 heterocycles. The topological polar surface area (TPSA) is 75.1 Å². The molecule has 7 nitrogen and oxygen atoms in total. The quantitative estimate of drug-likeness (QED) is 0.724. The number of aromatic nitrogens is 1. The zero-order chi connectivity index (χ0) is 23.3. The van der Waals surface area contributed by atoms with E-state index in [-0.39, 0.29) is 30.6 Å². The molecule has 0 bridgehead atoms. The maximum atomic E-state index is 13.4. The molecule has 7 heteroatoms. The number of benzene rings is 1. The number of aliphatic hydroxyl groups is 1. The van der Waals surface area contributed by atoms with Crippen LogP contribution >= 0.6 is 0 Å². The second kappa shape index (κ2) is 10.5. The Morgan fingerprint density at radius 1 is 1.31 bits per heavy atom.